The van der Waals surface area contributed by atoms with E-state index in [9.17, 15) is 9.59 Å². The fraction of sp³-hybridized carbons (Fsp3) is 0.588. The molecular formula is C17H25ClN4O3. The molecule has 0 aromatic carbocycles. The number of nitrogens with one attached hydrogen (secondary N) is 1. The molecule has 2 amide bonds. The minimum absolute atomic E-state index is 0.268. The van der Waals surface area contributed by atoms with Crippen molar-refractivity contribution in [3.05, 3.63) is 23.0 Å². The van der Waals surface area contributed by atoms with Crippen molar-refractivity contribution in [1.29, 1.82) is 0 Å². The molecule has 0 bridgehead atoms. The molecule has 7 nitrogen and oxygen atoms in total. The highest BCUT2D eigenvalue weighted by atomic mass is 35.5. The van der Waals surface area contributed by atoms with Gasteiger partial charge < -0.3 is 20.7 Å². The Hall–Kier alpha value is -2.02. The largest absolute Gasteiger partial charge is 0.444 e. The average Bonchev–Trinajstić information content (AvgIpc) is 2.51. The number of carbonyl (C=O) groups is 2. The number of amides is 2. The van der Waals surface area contributed by atoms with E-state index in [4.69, 9.17) is 22.1 Å². The minimum atomic E-state index is -0.550. The van der Waals surface area contributed by atoms with Crippen LogP contribution in [0.25, 0.3) is 0 Å². The first kappa shape index (κ1) is 19.3. The number of piperidine rings is 1. The summed E-state index contributed by atoms with van der Waals surface area (Å²) in [4.78, 5) is 29.1. The van der Waals surface area contributed by atoms with Crippen LogP contribution >= 0.6 is 11.6 Å². The number of nitrogens with two attached hydrogens (primary N) is 1. The Morgan fingerprint density at radius 1 is 1.40 bits per heavy atom. The van der Waals surface area contributed by atoms with Crippen LogP contribution in [0.2, 0.25) is 5.15 Å². The van der Waals surface area contributed by atoms with Crippen LogP contribution in [-0.4, -0.2) is 47.1 Å². The molecule has 0 radical (unpaired) electrons. The number of nitrogens with zero attached hydrogens (tertiary/aromatic N) is 2. The minimum Gasteiger partial charge on any atom is -0.444 e. The number of pyridine rings is 1. The van der Waals surface area contributed by atoms with Gasteiger partial charge in [-0.25, -0.2) is 9.78 Å². The lowest BCUT2D eigenvalue weighted by Gasteiger charge is -2.33. The number of primary amides is 1. The fourth-order valence-electron chi connectivity index (χ4n) is 2.67. The molecule has 0 spiro atoms. The lowest BCUT2D eigenvalue weighted by molar-refractivity contribution is 0.0188. The van der Waals surface area contributed by atoms with Gasteiger partial charge in [0.1, 0.15) is 10.8 Å². The van der Waals surface area contributed by atoms with Crippen LogP contribution in [0.15, 0.2) is 12.3 Å². The van der Waals surface area contributed by atoms with Crippen molar-refractivity contribution in [3.8, 4) is 0 Å². The Morgan fingerprint density at radius 3 is 2.60 bits per heavy atom. The van der Waals surface area contributed by atoms with E-state index in [1.54, 1.807) is 11.0 Å². The third-order valence-corrected chi connectivity index (χ3v) is 4.19. The molecule has 0 atom stereocenters. The van der Waals surface area contributed by atoms with Gasteiger partial charge in [-0.2, -0.15) is 0 Å². The predicted octanol–water partition coefficient (Wildman–Crippen LogP) is 2.89. The molecule has 1 aromatic heterocycles. The second kappa shape index (κ2) is 7.91. The number of ether oxygens (including phenoxy) is 1. The molecule has 0 unspecified atom stereocenters. The highest BCUT2D eigenvalue weighted by Crippen LogP contribution is 2.23. The van der Waals surface area contributed by atoms with Gasteiger partial charge in [0, 0.05) is 25.8 Å². The lowest BCUT2D eigenvalue weighted by Crippen LogP contribution is -2.42. The van der Waals surface area contributed by atoms with Crippen molar-refractivity contribution in [1.82, 2.24) is 9.88 Å². The van der Waals surface area contributed by atoms with Crippen molar-refractivity contribution in [2.75, 3.05) is 25.0 Å². The molecule has 0 saturated carbocycles. The number of hydrogen-bond donors (Lipinski definition) is 2. The summed E-state index contributed by atoms with van der Waals surface area (Å²) < 4.78 is 5.40. The molecule has 0 aliphatic carbocycles. The van der Waals surface area contributed by atoms with Gasteiger partial charge in [0.25, 0.3) is 5.91 Å². The molecule has 1 saturated heterocycles. The quantitative estimate of drug-likeness (QED) is 0.796. The molecule has 1 fully saturated rings. The molecule has 1 aliphatic heterocycles. The highest BCUT2D eigenvalue weighted by Gasteiger charge is 2.26. The summed E-state index contributed by atoms with van der Waals surface area (Å²) in [5, 5.41) is 3.53. The first-order chi connectivity index (χ1) is 11.7. The van der Waals surface area contributed by atoms with Crippen LogP contribution in [0.3, 0.4) is 0 Å². The Bertz CT molecular complexity index is 637. The van der Waals surface area contributed by atoms with Crippen molar-refractivity contribution >= 4 is 29.3 Å². The summed E-state index contributed by atoms with van der Waals surface area (Å²) in [7, 11) is 0. The van der Waals surface area contributed by atoms with Gasteiger partial charge in [-0.1, -0.05) is 11.6 Å². The average molecular weight is 369 g/mol. The summed E-state index contributed by atoms with van der Waals surface area (Å²) in [5.74, 6) is -0.169. The van der Waals surface area contributed by atoms with E-state index in [0.29, 0.717) is 42.0 Å². The maximum atomic E-state index is 12.1. The second-order valence-corrected chi connectivity index (χ2v) is 7.60. The second-order valence-electron chi connectivity index (χ2n) is 7.21. The molecular weight excluding hydrogens is 344 g/mol. The Morgan fingerprint density at radius 2 is 2.04 bits per heavy atom. The summed E-state index contributed by atoms with van der Waals surface area (Å²) in [6.07, 6.45) is 2.82. The zero-order valence-corrected chi connectivity index (χ0v) is 15.6. The van der Waals surface area contributed by atoms with E-state index in [1.807, 2.05) is 20.8 Å². The third kappa shape index (κ3) is 5.77. The van der Waals surface area contributed by atoms with Crippen molar-refractivity contribution in [2.24, 2.45) is 11.7 Å². The van der Waals surface area contributed by atoms with Crippen LogP contribution in [0, 0.1) is 5.92 Å². The molecule has 25 heavy (non-hydrogen) atoms. The van der Waals surface area contributed by atoms with E-state index >= 15 is 0 Å². The molecule has 138 valence electrons. The molecule has 3 N–H and O–H groups in total. The van der Waals surface area contributed by atoms with Crippen LogP contribution in [-0.2, 0) is 4.74 Å². The van der Waals surface area contributed by atoms with Gasteiger partial charge in [-0.15, -0.1) is 0 Å². The number of hydrogen-bond acceptors (Lipinski definition) is 5. The van der Waals surface area contributed by atoms with Crippen molar-refractivity contribution < 1.29 is 14.3 Å². The van der Waals surface area contributed by atoms with Crippen LogP contribution in [0.1, 0.15) is 44.0 Å². The van der Waals surface area contributed by atoms with E-state index < -0.39 is 11.5 Å². The molecule has 2 rings (SSSR count). The molecule has 1 aliphatic rings. The maximum absolute atomic E-state index is 12.1. The van der Waals surface area contributed by atoms with Gasteiger partial charge in [-0.3, -0.25) is 4.79 Å². The number of carbonyl (C=O) groups excluding carboxylic acids is 2. The molecule has 2 heterocycles. The van der Waals surface area contributed by atoms with Gasteiger partial charge in [0.15, 0.2) is 0 Å². The Kier molecular flexibility index (Phi) is 6.11. The van der Waals surface area contributed by atoms with Crippen LogP contribution in [0.5, 0.6) is 0 Å². The number of halogens is 1. The monoisotopic (exact) mass is 368 g/mol. The van der Waals surface area contributed by atoms with Gasteiger partial charge in [0.05, 0.1) is 11.3 Å². The standard InChI is InChI=1S/C17H25ClN4O3/c1-17(2,3)25-16(24)22-6-4-11(5-7-22)9-20-13-8-14(18)21-10-12(13)15(19)23/h8,10-11H,4-7,9H2,1-3H3,(H2,19,23)(H,20,21). The van der Waals surface area contributed by atoms with Crippen molar-refractivity contribution in [3.63, 3.8) is 0 Å². The van der Waals surface area contributed by atoms with Crippen LogP contribution < -0.4 is 11.1 Å². The maximum Gasteiger partial charge on any atom is 0.410 e. The zero-order chi connectivity index (χ0) is 18.6. The Balaban J connectivity index is 1.86. The number of likely N-dealkylation sites (tertiary alicyclic amines) is 1. The molecule has 1 aromatic rings. The predicted molar refractivity (Wildman–Crippen MR) is 96.8 cm³/mol. The number of anilines is 1. The van der Waals surface area contributed by atoms with Gasteiger partial charge >= 0.3 is 6.09 Å². The normalized spacial score (nSPS) is 15.8. The van der Waals surface area contributed by atoms with Crippen molar-refractivity contribution in [2.45, 2.75) is 39.2 Å². The number of rotatable bonds is 4. The van der Waals surface area contributed by atoms with Gasteiger partial charge in [0.2, 0.25) is 0 Å². The molecule has 8 heteroatoms. The SMILES string of the molecule is CC(C)(C)OC(=O)N1CCC(CNc2cc(Cl)ncc2C(N)=O)CC1. The van der Waals surface area contributed by atoms with E-state index in [-0.39, 0.29) is 6.09 Å². The van der Waals surface area contributed by atoms with Crippen LogP contribution in [0.4, 0.5) is 10.5 Å². The van der Waals surface area contributed by atoms with E-state index in [1.165, 1.54) is 6.20 Å². The highest BCUT2D eigenvalue weighted by molar-refractivity contribution is 6.29. The van der Waals surface area contributed by atoms with E-state index in [0.717, 1.165) is 12.8 Å². The smallest absolute Gasteiger partial charge is 0.410 e. The van der Waals surface area contributed by atoms with Gasteiger partial charge in [-0.05, 0) is 45.6 Å². The summed E-state index contributed by atoms with van der Waals surface area (Å²) in [6.45, 7) is 7.55. The summed E-state index contributed by atoms with van der Waals surface area (Å²) in [5.41, 5.74) is 5.77. The summed E-state index contributed by atoms with van der Waals surface area (Å²) in [6, 6.07) is 1.59. The van der Waals surface area contributed by atoms with E-state index in [2.05, 4.69) is 10.3 Å². The topological polar surface area (TPSA) is 97.6 Å². The fourth-order valence-corrected chi connectivity index (χ4v) is 2.83. The Labute approximate surface area is 152 Å². The summed E-state index contributed by atoms with van der Waals surface area (Å²) >= 11 is 5.89. The first-order valence-corrected chi connectivity index (χ1v) is 8.70. The third-order valence-electron chi connectivity index (χ3n) is 3.98. The first-order valence-electron chi connectivity index (χ1n) is 8.33. The zero-order valence-electron chi connectivity index (χ0n) is 14.8. The number of aromatic nitrogens is 1. The lowest BCUT2D eigenvalue weighted by atomic mass is 9.97.